The SMILES string of the molecule is Cn1nccc1CNc1ccc(N2CCCC2)c(F)c1. The first kappa shape index (κ1) is 13.0. The van der Waals surface area contributed by atoms with Gasteiger partial charge in [0.15, 0.2) is 0 Å². The van der Waals surface area contributed by atoms with E-state index >= 15 is 0 Å². The minimum atomic E-state index is -0.151. The molecule has 0 radical (unpaired) electrons. The minimum Gasteiger partial charge on any atom is -0.379 e. The maximum absolute atomic E-state index is 14.1. The molecule has 2 heterocycles. The molecule has 0 atom stereocenters. The van der Waals surface area contributed by atoms with Crippen LogP contribution in [0.5, 0.6) is 0 Å². The first-order valence-electron chi connectivity index (χ1n) is 6.99. The predicted octanol–water partition coefficient (Wildman–Crippen LogP) is 2.77. The van der Waals surface area contributed by atoms with Gasteiger partial charge in [-0.2, -0.15) is 5.10 Å². The molecule has 0 unspecified atom stereocenters. The van der Waals surface area contributed by atoms with Gasteiger partial charge in [0.05, 0.1) is 17.9 Å². The van der Waals surface area contributed by atoms with Crippen LogP contribution in [0.3, 0.4) is 0 Å². The van der Waals surface area contributed by atoms with Crippen molar-refractivity contribution in [2.45, 2.75) is 19.4 Å². The van der Waals surface area contributed by atoms with Crippen molar-refractivity contribution in [3.8, 4) is 0 Å². The lowest BCUT2D eigenvalue weighted by Gasteiger charge is -2.19. The van der Waals surface area contributed by atoms with Crippen LogP contribution in [0.1, 0.15) is 18.5 Å². The number of nitrogens with zero attached hydrogens (tertiary/aromatic N) is 3. The number of halogens is 1. The van der Waals surface area contributed by atoms with Gasteiger partial charge in [0, 0.05) is 32.0 Å². The summed E-state index contributed by atoms with van der Waals surface area (Å²) in [6.45, 7) is 2.55. The highest BCUT2D eigenvalue weighted by atomic mass is 19.1. The fourth-order valence-electron chi connectivity index (χ4n) is 2.60. The number of rotatable bonds is 4. The van der Waals surface area contributed by atoms with Crippen LogP contribution in [0.2, 0.25) is 0 Å². The van der Waals surface area contributed by atoms with Gasteiger partial charge < -0.3 is 10.2 Å². The molecule has 2 aromatic rings. The zero-order valence-corrected chi connectivity index (χ0v) is 11.6. The molecule has 0 bridgehead atoms. The van der Waals surface area contributed by atoms with E-state index in [0.717, 1.165) is 37.3 Å². The standard InChI is InChI=1S/C15H19FN4/c1-19-13(6-7-18-19)11-17-12-4-5-15(14(16)10-12)20-8-2-3-9-20/h4-7,10,17H,2-3,8-9,11H2,1H3. The number of hydrogen-bond acceptors (Lipinski definition) is 3. The number of nitrogens with one attached hydrogen (secondary N) is 1. The number of anilines is 2. The molecule has 1 aliphatic heterocycles. The third-order valence-corrected chi connectivity index (χ3v) is 3.79. The Morgan fingerprint density at radius 1 is 1.25 bits per heavy atom. The zero-order valence-electron chi connectivity index (χ0n) is 11.6. The lowest BCUT2D eigenvalue weighted by molar-refractivity contribution is 0.623. The van der Waals surface area contributed by atoms with E-state index in [1.165, 1.54) is 0 Å². The second kappa shape index (κ2) is 5.53. The molecule has 0 spiro atoms. The van der Waals surface area contributed by atoms with Gasteiger partial charge in [-0.05, 0) is 37.1 Å². The first-order valence-corrected chi connectivity index (χ1v) is 6.99. The Balaban J connectivity index is 1.69. The molecule has 106 valence electrons. The van der Waals surface area contributed by atoms with Crippen molar-refractivity contribution in [2.75, 3.05) is 23.3 Å². The summed E-state index contributed by atoms with van der Waals surface area (Å²) in [4.78, 5) is 2.11. The first-order chi connectivity index (χ1) is 9.74. The topological polar surface area (TPSA) is 33.1 Å². The Hall–Kier alpha value is -2.04. The Morgan fingerprint density at radius 3 is 2.70 bits per heavy atom. The molecule has 1 aliphatic rings. The number of aromatic nitrogens is 2. The van der Waals surface area contributed by atoms with E-state index in [1.807, 2.05) is 29.9 Å². The summed E-state index contributed by atoms with van der Waals surface area (Å²) in [7, 11) is 1.90. The van der Waals surface area contributed by atoms with Gasteiger partial charge in [0.1, 0.15) is 5.82 Å². The highest BCUT2D eigenvalue weighted by molar-refractivity contribution is 5.56. The number of aryl methyl sites for hydroxylation is 1. The second-order valence-electron chi connectivity index (χ2n) is 5.16. The van der Waals surface area contributed by atoms with E-state index in [9.17, 15) is 4.39 Å². The van der Waals surface area contributed by atoms with E-state index in [1.54, 1.807) is 12.3 Å². The Labute approximate surface area is 118 Å². The van der Waals surface area contributed by atoms with Crippen molar-refractivity contribution in [3.05, 3.63) is 42.0 Å². The Kier molecular flexibility index (Phi) is 3.58. The van der Waals surface area contributed by atoms with Crippen molar-refractivity contribution in [1.29, 1.82) is 0 Å². The van der Waals surface area contributed by atoms with E-state index in [2.05, 4.69) is 15.3 Å². The van der Waals surface area contributed by atoms with Crippen LogP contribution in [0, 0.1) is 5.82 Å². The summed E-state index contributed by atoms with van der Waals surface area (Å²) in [5.74, 6) is -0.151. The van der Waals surface area contributed by atoms with Crippen molar-refractivity contribution >= 4 is 11.4 Å². The summed E-state index contributed by atoms with van der Waals surface area (Å²) in [6, 6.07) is 7.32. The highest BCUT2D eigenvalue weighted by Gasteiger charge is 2.16. The lowest BCUT2D eigenvalue weighted by Crippen LogP contribution is -2.19. The van der Waals surface area contributed by atoms with E-state index < -0.39 is 0 Å². The smallest absolute Gasteiger partial charge is 0.148 e. The predicted molar refractivity (Wildman–Crippen MR) is 78.4 cm³/mol. The van der Waals surface area contributed by atoms with Crippen LogP contribution >= 0.6 is 0 Å². The van der Waals surface area contributed by atoms with Gasteiger partial charge in [-0.3, -0.25) is 4.68 Å². The largest absolute Gasteiger partial charge is 0.379 e. The molecule has 20 heavy (non-hydrogen) atoms. The fourth-order valence-corrected chi connectivity index (χ4v) is 2.60. The highest BCUT2D eigenvalue weighted by Crippen LogP contribution is 2.26. The maximum Gasteiger partial charge on any atom is 0.148 e. The van der Waals surface area contributed by atoms with Crippen LogP contribution in [0.4, 0.5) is 15.8 Å². The summed E-state index contributed by atoms with van der Waals surface area (Å²) in [5, 5.41) is 7.34. The molecule has 3 rings (SSSR count). The van der Waals surface area contributed by atoms with E-state index in [-0.39, 0.29) is 5.82 Å². The molecular formula is C15H19FN4. The molecule has 1 aromatic heterocycles. The molecular weight excluding hydrogens is 255 g/mol. The number of hydrogen-bond donors (Lipinski definition) is 1. The summed E-state index contributed by atoms with van der Waals surface area (Å²) < 4.78 is 16.0. The van der Waals surface area contributed by atoms with Gasteiger partial charge in [-0.1, -0.05) is 0 Å². The zero-order chi connectivity index (χ0) is 13.9. The van der Waals surface area contributed by atoms with Crippen molar-refractivity contribution in [2.24, 2.45) is 7.05 Å². The van der Waals surface area contributed by atoms with Crippen LogP contribution in [0.15, 0.2) is 30.5 Å². The molecule has 4 nitrogen and oxygen atoms in total. The maximum atomic E-state index is 14.1. The van der Waals surface area contributed by atoms with E-state index in [0.29, 0.717) is 12.2 Å². The van der Waals surface area contributed by atoms with Crippen molar-refractivity contribution in [3.63, 3.8) is 0 Å². The third kappa shape index (κ3) is 2.61. The quantitative estimate of drug-likeness (QED) is 0.930. The van der Waals surface area contributed by atoms with Gasteiger partial charge in [-0.25, -0.2) is 4.39 Å². The average molecular weight is 274 g/mol. The molecule has 1 saturated heterocycles. The second-order valence-corrected chi connectivity index (χ2v) is 5.16. The number of benzene rings is 1. The van der Waals surface area contributed by atoms with Crippen molar-refractivity contribution in [1.82, 2.24) is 9.78 Å². The average Bonchev–Trinajstić information content (AvgIpc) is 3.08. The molecule has 1 fully saturated rings. The molecule has 1 aromatic carbocycles. The molecule has 0 aliphatic carbocycles. The molecule has 5 heteroatoms. The third-order valence-electron chi connectivity index (χ3n) is 3.79. The monoisotopic (exact) mass is 274 g/mol. The van der Waals surface area contributed by atoms with E-state index in [4.69, 9.17) is 0 Å². The van der Waals surface area contributed by atoms with Crippen LogP contribution in [0.25, 0.3) is 0 Å². The Morgan fingerprint density at radius 2 is 2.05 bits per heavy atom. The van der Waals surface area contributed by atoms with Crippen LogP contribution in [-0.4, -0.2) is 22.9 Å². The van der Waals surface area contributed by atoms with Gasteiger partial charge >= 0.3 is 0 Å². The van der Waals surface area contributed by atoms with Crippen LogP contribution < -0.4 is 10.2 Å². The molecule has 0 amide bonds. The molecule has 1 N–H and O–H groups in total. The van der Waals surface area contributed by atoms with Gasteiger partial charge in [0.2, 0.25) is 0 Å². The Bertz CT molecular complexity index is 587. The fraction of sp³-hybridized carbons (Fsp3) is 0.400. The van der Waals surface area contributed by atoms with Crippen LogP contribution in [-0.2, 0) is 13.6 Å². The minimum absolute atomic E-state index is 0.151. The van der Waals surface area contributed by atoms with Gasteiger partial charge in [-0.15, -0.1) is 0 Å². The van der Waals surface area contributed by atoms with Crippen molar-refractivity contribution < 1.29 is 4.39 Å². The lowest BCUT2D eigenvalue weighted by atomic mass is 10.2. The summed E-state index contributed by atoms with van der Waals surface area (Å²) >= 11 is 0. The molecule has 0 saturated carbocycles. The van der Waals surface area contributed by atoms with Gasteiger partial charge in [0.25, 0.3) is 0 Å². The summed E-state index contributed by atoms with van der Waals surface area (Å²) in [6.07, 6.45) is 4.06. The normalized spacial score (nSPS) is 14.8. The summed E-state index contributed by atoms with van der Waals surface area (Å²) in [5.41, 5.74) is 2.58.